The third-order valence-corrected chi connectivity index (χ3v) is 3.56. The number of rotatable bonds is 5. The third-order valence-electron chi connectivity index (χ3n) is 3.56. The SMILES string of the molecule is CON=C(C#N)C1=CCCN(C(=O)Oc2ccc(OC)c(OC)c2)C1. The van der Waals surface area contributed by atoms with Gasteiger partial charge in [0.25, 0.3) is 0 Å². The molecule has 0 spiro atoms. The summed E-state index contributed by atoms with van der Waals surface area (Å²) < 4.78 is 15.7. The number of nitriles is 1. The highest BCUT2D eigenvalue weighted by Gasteiger charge is 2.23. The summed E-state index contributed by atoms with van der Waals surface area (Å²) in [5.41, 5.74) is 0.769. The molecular weight excluding hydrogens is 326 g/mol. The fraction of sp³-hybridized carbons (Fsp3) is 0.353. The Labute approximate surface area is 145 Å². The van der Waals surface area contributed by atoms with Crippen molar-refractivity contribution < 1.29 is 23.8 Å². The number of amides is 1. The second-order valence-electron chi connectivity index (χ2n) is 5.06. The van der Waals surface area contributed by atoms with Crippen molar-refractivity contribution in [1.82, 2.24) is 4.90 Å². The molecule has 0 aliphatic carbocycles. The molecule has 0 bridgehead atoms. The monoisotopic (exact) mass is 345 g/mol. The lowest BCUT2D eigenvalue weighted by Crippen LogP contribution is -2.39. The summed E-state index contributed by atoms with van der Waals surface area (Å²) in [4.78, 5) is 18.5. The quantitative estimate of drug-likeness (QED) is 0.601. The topological polar surface area (TPSA) is 93.4 Å². The van der Waals surface area contributed by atoms with Gasteiger partial charge in [-0.15, -0.1) is 0 Å². The largest absolute Gasteiger partial charge is 0.493 e. The van der Waals surface area contributed by atoms with E-state index in [2.05, 4.69) is 9.99 Å². The third kappa shape index (κ3) is 4.41. The summed E-state index contributed by atoms with van der Waals surface area (Å²) in [6, 6.07) is 6.80. The Kier molecular flexibility index (Phi) is 6.23. The average Bonchev–Trinajstić information content (AvgIpc) is 2.66. The van der Waals surface area contributed by atoms with Crippen LogP contribution in [0.1, 0.15) is 6.42 Å². The predicted octanol–water partition coefficient (Wildman–Crippen LogP) is 2.36. The van der Waals surface area contributed by atoms with Crippen molar-refractivity contribution in [3.8, 4) is 23.3 Å². The molecule has 1 aliphatic heterocycles. The van der Waals surface area contributed by atoms with Crippen LogP contribution in [-0.2, 0) is 4.84 Å². The first kappa shape index (κ1) is 18.1. The fourth-order valence-corrected chi connectivity index (χ4v) is 2.36. The molecule has 0 N–H and O–H groups in total. The van der Waals surface area contributed by atoms with Crippen LogP contribution in [0.4, 0.5) is 4.79 Å². The average molecular weight is 345 g/mol. The number of ether oxygens (including phenoxy) is 3. The van der Waals surface area contributed by atoms with E-state index in [0.717, 1.165) is 0 Å². The molecule has 0 saturated carbocycles. The van der Waals surface area contributed by atoms with Crippen LogP contribution in [0.3, 0.4) is 0 Å². The van der Waals surface area contributed by atoms with Gasteiger partial charge in [-0.25, -0.2) is 4.79 Å². The number of carbonyl (C=O) groups excluding carboxylic acids is 1. The number of methoxy groups -OCH3 is 2. The number of hydrogen-bond donors (Lipinski definition) is 0. The van der Waals surface area contributed by atoms with Gasteiger partial charge in [0, 0.05) is 18.2 Å². The van der Waals surface area contributed by atoms with Crippen molar-refractivity contribution in [2.75, 3.05) is 34.4 Å². The van der Waals surface area contributed by atoms with E-state index >= 15 is 0 Å². The Morgan fingerprint density at radius 3 is 2.64 bits per heavy atom. The molecule has 0 atom stereocenters. The van der Waals surface area contributed by atoms with Gasteiger partial charge in [-0.1, -0.05) is 11.2 Å². The number of hydrogen-bond acceptors (Lipinski definition) is 7. The van der Waals surface area contributed by atoms with E-state index in [1.165, 1.54) is 26.2 Å². The molecule has 0 radical (unpaired) electrons. The molecule has 0 unspecified atom stereocenters. The van der Waals surface area contributed by atoms with E-state index in [1.807, 2.05) is 12.1 Å². The molecule has 8 heteroatoms. The zero-order valence-electron chi connectivity index (χ0n) is 14.3. The van der Waals surface area contributed by atoms with Crippen LogP contribution in [0, 0.1) is 11.3 Å². The van der Waals surface area contributed by atoms with Gasteiger partial charge in [0.05, 0.1) is 20.8 Å². The van der Waals surface area contributed by atoms with Crippen molar-refractivity contribution in [2.45, 2.75) is 6.42 Å². The summed E-state index contributed by atoms with van der Waals surface area (Å²) in [6.45, 7) is 0.711. The summed E-state index contributed by atoms with van der Waals surface area (Å²) in [5, 5.41) is 12.8. The normalized spacial score (nSPS) is 14.2. The summed E-state index contributed by atoms with van der Waals surface area (Å²) in [7, 11) is 4.40. The highest BCUT2D eigenvalue weighted by Crippen LogP contribution is 2.31. The Morgan fingerprint density at radius 2 is 2.00 bits per heavy atom. The zero-order chi connectivity index (χ0) is 18.2. The van der Waals surface area contributed by atoms with E-state index in [-0.39, 0.29) is 12.3 Å². The smallest absolute Gasteiger partial charge is 0.415 e. The molecule has 0 saturated heterocycles. The Bertz CT molecular complexity index is 736. The maximum atomic E-state index is 12.4. The predicted molar refractivity (Wildman–Crippen MR) is 89.9 cm³/mol. The first-order valence-electron chi connectivity index (χ1n) is 7.52. The van der Waals surface area contributed by atoms with Crippen LogP contribution in [-0.4, -0.2) is 51.1 Å². The van der Waals surface area contributed by atoms with Crippen LogP contribution >= 0.6 is 0 Å². The maximum Gasteiger partial charge on any atom is 0.415 e. The minimum Gasteiger partial charge on any atom is -0.493 e. The Morgan fingerprint density at radius 1 is 1.24 bits per heavy atom. The van der Waals surface area contributed by atoms with Crippen molar-refractivity contribution in [1.29, 1.82) is 5.26 Å². The van der Waals surface area contributed by atoms with Gasteiger partial charge in [-0.05, 0) is 18.6 Å². The fourth-order valence-electron chi connectivity index (χ4n) is 2.36. The van der Waals surface area contributed by atoms with Gasteiger partial charge in [0.1, 0.15) is 18.9 Å². The van der Waals surface area contributed by atoms with Crippen molar-refractivity contribution in [3.05, 3.63) is 29.8 Å². The number of nitrogens with zero attached hydrogens (tertiary/aromatic N) is 3. The Hall–Kier alpha value is -3.21. The first-order valence-corrected chi connectivity index (χ1v) is 7.52. The summed E-state index contributed by atoms with van der Waals surface area (Å²) in [5.74, 6) is 1.34. The van der Waals surface area contributed by atoms with Crippen molar-refractivity contribution >= 4 is 11.8 Å². The van der Waals surface area contributed by atoms with E-state index in [0.29, 0.717) is 35.8 Å². The molecule has 0 aromatic heterocycles. The van der Waals surface area contributed by atoms with Gasteiger partial charge < -0.3 is 23.9 Å². The van der Waals surface area contributed by atoms with Crippen LogP contribution < -0.4 is 14.2 Å². The first-order chi connectivity index (χ1) is 12.1. The summed E-state index contributed by atoms with van der Waals surface area (Å²) >= 11 is 0. The molecule has 25 heavy (non-hydrogen) atoms. The molecule has 1 aromatic rings. The van der Waals surface area contributed by atoms with Crippen LogP contribution in [0.5, 0.6) is 17.2 Å². The van der Waals surface area contributed by atoms with E-state index in [4.69, 9.17) is 19.5 Å². The zero-order valence-corrected chi connectivity index (χ0v) is 14.3. The molecule has 1 amide bonds. The molecular formula is C17H19N3O5. The van der Waals surface area contributed by atoms with E-state index < -0.39 is 6.09 Å². The molecule has 2 rings (SSSR count). The van der Waals surface area contributed by atoms with Gasteiger partial charge in [0.2, 0.25) is 0 Å². The number of carbonyl (C=O) groups is 1. The molecule has 0 fully saturated rings. The van der Waals surface area contributed by atoms with Crippen molar-refractivity contribution in [3.63, 3.8) is 0 Å². The van der Waals surface area contributed by atoms with Crippen LogP contribution in [0.25, 0.3) is 0 Å². The number of oxime groups is 1. The highest BCUT2D eigenvalue weighted by molar-refractivity contribution is 6.11. The maximum absolute atomic E-state index is 12.4. The van der Waals surface area contributed by atoms with Gasteiger partial charge in [-0.3, -0.25) is 0 Å². The molecule has 1 aromatic carbocycles. The van der Waals surface area contributed by atoms with Gasteiger partial charge in [0.15, 0.2) is 17.2 Å². The van der Waals surface area contributed by atoms with Gasteiger partial charge >= 0.3 is 6.09 Å². The molecule has 132 valence electrons. The van der Waals surface area contributed by atoms with Crippen LogP contribution in [0.15, 0.2) is 35.0 Å². The summed E-state index contributed by atoms with van der Waals surface area (Å²) in [6.07, 6.45) is 1.94. The second-order valence-corrected chi connectivity index (χ2v) is 5.06. The minimum atomic E-state index is -0.521. The minimum absolute atomic E-state index is 0.145. The molecule has 1 heterocycles. The standard InChI is InChI=1S/C17H19N3O5/c1-22-15-7-6-13(9-16(15)23-2)25-17(21)20-8-4-5-12(11-20)14(10-18)19-24-3/h5-7,9H,4,8,11H2,1-3H3. The van der Waals surface area contributed by atoms with E-state index in [1.54, 1.807) is 18.2 Å². The van der Waals surface area contributed by atoms with E-state index in [9.17, 15) is 4.79 Å². The Balaban J connectivity index is 2.08. The lowest BCUT2D eigenvalue weighted by Gasteiger charge is -2.26. The lowest BCUT2D eigenvalue weighted by atomic mass is 10.1. The number of benzene rings is 1. The molecule has 8 nitrogen and oxygen atoms in total. The van der Waals surface area contributed by atoms with Crippen molar-refractivity contribution in [2.24, 2.45) is 5.16 Å². The van der Waals surface area contributed by atoms with Crippen LogP contribution in [0.2, 0.25) is 0 Å². The highest BCUT2D eigenvalue weighted by atomic mass is 16.6. The lowest BCUT2D eigenvalue weighted by molar-refractivity contribution is 0.155. The van der Waals surface area contributed by atoms with Gasteiger partial charge in [-0.2, -0.15) is 5.26 Å². The second kappa shape index (κ2) is 8.59. The molecule has 1 aliphatic rings.